The number of benzene rings is 3. The first-order valence-corrected chi connectivity index (χ1v) is 12.8. The lowest BCUT2D eigenvalue weighted by Gasteiger charge is -2.12. The normalized spacial score (nSPS) is 11.4. The zero-order valence-electron chi connectivity index (χ0n) is 20.6. The molecule has 1 N–H and O–H groups in total. The van der Waals surface area contributed by atoms with Gasteiger partial charge < -0.3 is 19.1 Å². The zero-order chi connectivity index (χ0) is 26.4. The van der Waals surface area contributed by atoms with Gasteiger partial charge in [-0.05, 0) is 79.2 Å². The van der Waals surface area contributed by atoms with Crippen LogP contribution in [0.3, 0.4) is 0 Å². The fourth-order valence-electron chi connectivity index (χ4n) is 3.58. The molecule has 4 rings (SSSR count). The Kier molecular flexibility index (Phi) is 8.53. The number of thioether (sulfide) groups is 1. The van der Waals surface area contributed by atoms with Crippen LogP contribution in [0.15, 0.2) is 76.8 Å². The molecule has 3 aromatic carbocycles. The Morgan fingerprint density at radius 3 is 2.43 bits per heavy atom. The van der Waals surface area contributed by atoms with Crippen molar-refractivity contribution in [1.82, 2.24) is 14.8 Å². The number of aliphatic carboxylic acids is 1. The molecular formula is C28H26ClN3O4S. The molecule has 1 heterocycles. The van der Waals surface area contributed by atoms with Gasteiger partial charge >= 0.3 is 5.97 Å². The second-order valence-corrected chi connectivity index (χ2v) is 9.60. The molecule has 0 amide bonds. The monoisotopic (exact) mass is 535 g/mol. The van der Waals surface area contributed by atoms with E-state index in [-0.39, 0.29) is 4.91 Å². The minimum atomic E-state index is -1.07. The van der Waals surface area contributed by atoms with Crippen LogP contribution in [0, 0.1) is 6.92 Å². The molecule has 0 aliphatic heterocycles. The van der Waals surface area contributed by atoms with Crippen LogP contribution in [0.4, 0.5) is 0 Å². The highest BCUT2D eigenvalue weighted by atomic mass is 35.5. The van der Waals surface area contributed by atoms with E-state index in [9.17, 15) is 9.90 Å². The SMILES string of the molecule is CCn1c(S/C(=C\c2ccc(OCc3ccc(C)cc3)c(OC)c2)C(=O)O)nnc1-c1ccc(Cl)cc1. The summed E-state index contributed by atoms with van der Waals surface area (Å²) in [7, 11) is 1.55. The summed E-state index contributed by atoms with van der Waals surface area (Å²) >= 11 is 7.04. The summed E-state index contributed by atoms with van der Waals surface area (Å²) in [5.41, 5.74) is 3.73. The molecule has 0 fully saturated rings. The Hall–Kier alpha value is -3.75. The molecule has 0 bridgehead atoms. The quantitative estimate of drug-likeness (QED) is 0.178. The van der Waals surface area contributed by atoms with Crippen molar-refractivity contribution in [3.8, 4) is 22.9 Å². The average Bonchev–Trinajstić information content (AvgIpc) is 3.31. The number of aryl methyl sites for hydroxylation is 1. The molecule has 0 atom stereocenters. The third-order valence-electron chi connectivity index (χ3n) is 5.55. The summed E-state index contributed by atoms with van der Waals surface area (Å²) < 4.78 is 13.3. The van der Waals surface area contributed by atoms with Gasteiger partial charge in [-0.15, -0.1) is 10.2 Å². The highest BCUT2D eigenvalue weighted by Gasteiger charge is 2.18. The van der Waals surface area contributed by atoms with E-state index >= 15 is 0 Å². The van der Waals surface area contributed by atoms with E-state index in [1.54, 1.807) is 43.5 Å². The largest absolute Gasteiger partial charge is 0.493 e. The number of hydrogen-bond acceptors (Lipinski definition) is 6. The maximum Gasteiger partial charge on any atom is 0.342 e. The van der Waals surface area contributed by atoms with Gasteiger partial charge in [0.25, 0.3) is 0 Å². The zero-order valence-corrected chi connectivity index (χ0v) is 22.2. The maximum atomic E-state index is 12.1. The van der Waals surface area contributed by atoms with E-state index in [4.69, 9.17) is 21.1 Å². The highest BCUT2D eigenvalue weighted by Crippen LogP contribution is 2.33. The lowest BCUT2D eigenvalue weighted by atomic mass is 10.1. The Labute approximate surface area is 224 Å². The van der Waals surface area contributed by atoms with Crippen molar-refractivity contribution < 1.29 is 19.4 Å². The fourth-order valence-corrected chi connectivity index (χ4v) is 4.60. The van der Waals surface area contributed by atoms with E-state index in [0.29, 0.717) is 46.2 Å². The first kappa shape index (κ1) is 26.3. The molecule has 0 radical (unpaired) electrons. The maximum absolute atomic E-state index is 12.1. The number of nitrogens with zero attached hydrogens (tertiary/aromatic N) is 3. The van der Waals surface area contributed by atoms with Crippen LogP contribution >= 0.6 is 23.4 Å². The third-order valence-corrected chi connectivity index (χ3v) is 6.80. The van der Waals surface area contributed by atoms with Gasteiger partial charge in [-0.1, -0.05) is 47.5 Å². The van der Waals surface area contributed by atoms with E-state index in [1.807, 2.05) is 54.8 Å². The molecule has 7 nitrogen and oxygen atoms in total. The molecule has 0 aliphatic carbocycles. The molecule has 0 unspecified atom stereocenters. The lowest BCUT2D eigenvalue weighted by Crippen LogP contribution is -2.03. The van der Waals surface area contributed by atoms with Gasteiger partial charge in [-0.25, -0.2) is 4.79 Å². The van der Waals surface area contributed by atoms with Gasteiger partial charge in [0.2, 0.25) is 0 Å². The van der Waals surface area contributed by atoms with Crippen LogP contribution in [0.5, 0.6) is 11.5 Å². The summed E-state index contributed by atoms with van der Waals surface area (Å²) in [5.74, 6) is 0.658. The Bertz CT molecular complexity index is 1420. The number of aromatic nitrogens is 3. The highest BCUT2D eigenvalue weighted by molar-refractivity contribution is 8.04. The number of hydrogen-bond donors (Lipinski definition) is 1. The Morgan fingerprint density at radius 1 is 1.05 bits per heavy atom. The van der Waals surface area contributed by atoms with Gasteiger partial charge in [0.1, 0.15) is 11.5 Å². The summed E-state index contributed by atoms with van der Waals surface area (Å²) in [6, 6.07) is 20.7. The van der Waals surface area contributed by atoms with Crippen molar-refractivity contribution in [2.24, 2.45) is 0 Å². The van der Waals surface area contributed by atoms with Crippen molar-refractivity contribution in [2.75, 3.05) is 7.11 Å². The van der Waals surface area contributed by atoms with Crippen molar-refractivity contribution >= 4 is 35.4 Å². The van der Waals surface area contributed by atoms with Crippen molar-refractivity contribution in [2.45, 2.75) is 32.2 Å². The number of ether oxygens (including phenoxy) is 2. The topological polar surface area (TPSA) is 86.5 Å². The van der Waals surface area contributed by atoms with Crippen LogP contribution in [-0.4, -0.2) is 33.0 Å². The number of carboxylic acid groups (broad SMARTS) is 1. The van der Waals surface area contributed by atoms with Gasteiger partial charge in [0.15, 0.2) is 22.5 Å². The third kappa shape index (κ3) is 6.53. The van der Waals surface area contributed by atoms with Crippen molar-refractivity contribution in [3.05, 3.63) is 93.3 Å². The Balaban J connectivity index is 1.56. The van der Waals surface area contributed by atoms with E-state index in [2.05, 4.69) is 10.2 Å². The summed E-state index contributed by atoms with van der Waals surface area (Å²) in [6.45, 7) is 4.96. The van der Waals surface area contributed by atoms with Gasteiger partial charge in [0, 0.05) is 17.1 Å². The van der Waals surface area contributed by atoms with E-state index < -0.39 is 5.97 Å². The molecule has 0 spiro atoms. The molecule has 4 aromatic rings. The molecule has 0 saturated heterocycles. The number of carbonyl (C=O) groups is 1. The van der Waals surface area contributed by atoms with Gasteiger partial charge in [0.05, 0.1) is 7.11 Å². The minimum Gasteiger partial charge on any atom is -0.493 e. The van der Waals surface area contributed by atoms with Crippen molar-refractivity contribution in [3.63, 3.8) is 0 Å². The summed E-state index contributed by atoms with van der Waals surface area (Å²) in [5, 5.41) is 19.5. The lowest BCUT2D eigenvalue weighted by molar-refractivity contribution is -0.131. The number of rotatable bonds is 10. The molecule has 0 saturated carbocycles. The minimum absolute atomic E-state index is 0.0973. The first-order chi connectivity index (χ1) is 17.9. The number of carboxylic acids is 1. The summed E-state index contributed by atoms with van der Waals surface area (Å²) in [6.07, 6.45) is 1.58. The Morgan fingerprint density at radius 2 is 1.78 bits per heavy atom. The van der Waals surface area contributed by atoms with E-state index in [0.717, 1.165) is 22.9 Å². The molecule has 0 aliphatic rings. The standard InChI is InChI=1S/C28H26ClN3O4S/c1-4-32-26(21-10-12-22(29)13-11-21)30-31-28(32)37-25(27(33)34)16-20-9-14-23(24(15-20)35-3)36-17-19-7-5-18(2)6-8-19/h5-16H,4,17H2,1-3H3,(H,33,34)/b25-16-. The second kappa shape index (κ2) is 12.0. The van der Waals surface area contributed by atoms with E-state index in [1.165, 1.54) is 5.56 Å². The van der Waals surface area contributed by atoms with Crippen LogP contribution < -0.4 is 9.47 Å². The second-order valence-electron chi connectivity index (χ2n) is 8.16. The van der Waals surface area contributed by atoms with Crippen LogP contribution in [0.25, 0.3) is 17.5 Å². The predicted molar refractivity (Wildman–Crippen MR) is 146 cm³/mol. The molecule has 37 heavy (non-hydrogen) atoms. The van der Waals surface area contributed by atoms with Gasteiger partial charge in [-0.2, -0.15) is 0 Å². The molecule has 9 heteroatoms. The fraction of sp³-hybridized carbons (Fsp3) is 0.179. The molecule has 190 valence electrons. The van der Waals surface area contributed by atoms with Crippen LogP contribution in [-0.2, 0) is 17.9 Å². The molecule has 1 aromatic heterocycles. The van der Waals surface area contributed by atoms with Crippen LogP contribution in [0.2, 0.25) is 5.02 Å². The van der Waals surface area contributed by atoms with Crippen molar-refractivity contribution in [1.29, 1.82) is 0 Å². The summed E-state index contributed by atoms with van der Waals surface area (Å²) in [4.78, 5) is 12.2. The first-order valence-electron chi connectivity index (χ1n) is 11.6. The predicted octanol–water partition coefficient (Wildman–Crippen LogP) is 6.73. The molecular weight excluding hydrogens is 510 g/mol. The average molecular weight is 536 g/mol. The smallest absolute Gasteiger partial charge is 0.342 e. The number of methoxy groups -OCH3 is 1. The van der Waals surface area contributed by atoms with Gasteiger partial charge in [-0.3, -0.25) is 0 Å². The van der Waals surface area contributed by atoms with Crippen LogP contribution in [0.1, 0.15) is 23.6 Å². The number of halogens is 1.